The summed E-state index contributed by atoms with van der Waals surface area (Å²) in [6.07, 6.45) is 1.46. The van der Waals surface area contributed by atoms with Crippen LogP contribution in [-0.2, 0) is 0 Å². The number of hydrogen-bond donors (Lipinski definition) is 0. The molecule has 1 unspecified atom stereocenters. The Kier molecular flexibility index (Phi) is 2.88. The predicted octanol–water partition coefficient (Wildman–Crippen LogP) is 3.14. The molecule has 0 fully saturated rings. The maximum Gasteiger partial charge on any atom is 0.220 e. The van der Waals surface area contributed by atoms with Crippen LogP contribution in [0.25, 0.3) is 0 Å². The van der Waals surface area contributed by atoms with Crippen LogP contribution in [0.15, 0.2) is 34.3 Å². The summed E-state index contributed by atoms with van der Waals surface area (Å²) in [5, 5.41) is 10.9. The van der Waals surface area contributed by atoms with Gasteiger partial charge in [0.15, 0.2) is 5.76 Å². The number of aryl methyl sites for hydroxylation is 1. The lowest BCUT2D eigenvalue weighted by Gasteiger charge is -2.03. The first kappa shape index (κ1) is 10.7. The highest BCUT2D eigenvalue weighted by atomic mass is 32.1. The minimum Gasteiger partial charge on any atom is -0.461 e. The summed E-state index contributed by atoms with van der Waals surface area (Å²) in [5.41, 5.74) is 0.766. The van der Waals surface area contributed by atoms with Gasteiger partial charge >= 0.3 is 0 Å². The van der Waals surface area contributed by atoms with Crippen LogP contribution in [0.4, 0.5) is 0 Å². The molecule has 0 spiro atoms. The van der Waals surface area contributed by atoms with E-state index >= 15 is 0 Å². The van der Waals surface area contributed by atoms with Gasteiger partial charge in [0, 0.05) is 4.88 Å². The number of carbonyl (C=O) groups excluding carboxylic acids is 1. The first-order chi connectivity index (χ1) is 7.74. The Hall–Kier alpha value is -1.86. The van der Waals surface area contributed by atoms with Gasteiger partial charge in [0.05, 0.1) is 12.3 Å². The molecule has 0 saturated heterocycles. The lowest BCUT2D eigenvalue weighted by atomic mass is 10.0. The minimum absolute atomic E-state index is 0.271. The molecule has 0 aliphatic carbocycles. The van der Waals surface area contributed by atoms with E-state index in [9.17, 15) is 4.79 Å². The molecule has 3 nitrogen and oxygen atoms in total. The van der Waals surface area contributed by atoms with Gasteiger partial charge in [-0.15, -0.1) is 11.3 Å². The summed E-state index contributed by atoms with van der Waals surface area (Å²) < 4.78 is 5.11. The topological polar surface area (TPSA) is 54.0 Å². The Balaban J connectivity index is 2.35. The normalized spacial score (nSPS) is 12.0. The average Bonchev–Trinajstić information content (AvgIpc) is 2.90. The van der Waals surface area contributed by atoms with Gasteiger partial charge in [0.1, 0.15) is 5.92 Å². The van der Waals surface area contributed by atoms with Crippen molar-refractivity contribution in [1.29, 1.82) is 5.26 Å². The van der Waals surface area contributed by atoms with E-state index in [0.29, 0.717) is 0 Å². The summed E-state index contributed by atoms with van der Waals surface area (Å²) in [6.45, 7) is 1.79. The van der Waals surface area contributed by atoms with Crippen molar-refractivity contribution < 1.29 is 9.21 Å². The van der Waals surface area contributed by atoms with Gasteiger partial charge in [-0.3, -0.25) is 4.79 Å². The zero-order valence-corrected chi connectivity index (χ0v) is 9.45. The van der Waals surface area contributed by atoms with Gasteiger partial charge in [0.2, 0.25) is 5.78 Å². The Labute approximate surface area is 96.9 Å². The van der Waals surface area contributed by atoms with Crippen LogP contribution in [0.2, 0.25) is 0 Å². The molecular formula is C12H9NO2S. The van der Waals surface area contributed by atoms with E-state index in [1.165, 1.54) is 17.6 Å². The fraction of sp³-hybridized carbons (Fsp3) is 0.167. The fourth-order valence-electron chi connectivity index (χ4n) is 1.46. The molecule has 0 radical (unpaired) electrons. The Bertz CT molecular complexity index is 534. The molecule has 0 aliphatic heterocycles. The lowest BCUT2D eigenvalue weighted by Crippen LogP contribution is -2.10. The van der Waals surface area contributed by atoms with E-state index in [2.05, 4.69) is 0 Å². The number of hydrogen-bond acceptors (Lipinski definition) is 4. The highest BCUT2D eigenvalue weighted by molar-refractivity contribution is 7.10. The van der Waals surface area contributed by atoms with Crippen LogP contribution in [0, 0.1) is 18.3 Å². The third-order valence-electron chi connectivity index (χ3n) is 2.30. The van der Waals surface area contributed by atoms with Crippen molar-refractivity contribution in [1.82, 2.24) is 0 Å². The second-order valence-corrected chi connectivity index (χ2v) is 4.35. The first-order valence-corrected chi connectivity index (χ1v) is 5.63. The Morgan fingerprint density at radius 3 is 2.88 bits per heavy atom. The molecule has 0 aliphatic rings. The van der Waals surface area contributed by atoms with Gasteiger partial charge in [-0.2, -0.15) is 5.26 Å². The van der Waals surface area contributed by atoms with Crippen LogP contribution in [-0.4, -0.2) is 5.78 Å². The molecule has 4 heteroatoms. The number of carbonyl (C=O) groups is 1. The summed E-state index contributed by atoms with van der Waals surface area (Å²) in [4.78, 5) is 12.8. The zero-order valence-electron chi connectivity index (χ0n) is 8.64. The van der Waals surface area contributed by atoms with Crippen LogP contribution in [0.5, 0.6) is 0 Å². The largest absolute Gasteiger partial charge is 0.461 e. The molecule has 80 valence electrons. The first-order valence-electron chi connectivity index (χ1n) is 4.75. The van der Waals surface area contributed by atoms with Crippen molar-refractivity contribution in [3.8, 4) is 6.07 Å². The zero-order chi connectivity index (χ0) is 11.5. The smallest absolute Gasteiger partial charge is 0.220 e. The van der Waals surface area contributed by atoms with Crippen molar-refractivity contribution in [3.63, 3.8) is 0 Å². The number of Topliss-reactive ketones (excluding diaryl/α,β-unsaturated/α-hetero) is 1. The van der Waals surface area contributed by atoms with Crippen molar-refractivity contribution in [2.45, 2.75) is 12.8 Å². The van der Waals surface area contributed by atoms with Gasteiger partial charge in [-0.05, 0) is 30.0 Å². The van der Waals surface area contributed by atoms with Crippen molar-refractivity contribution >= 4 is 17.1 Å². The number of thiophene rings is 1. The second kappa shape index (κ2) is 4.33. The molecule has 2 heterocycles. The van der Waals surface area contributed by atoms with E-state index in [0.717, 1.165) is 10.4 Å². The predicted molar refractivity (Wildman–Crippen MR) is 60.4 cm³/mol. The number of furan rings is 1. The molecule has 0 aromatic carbocycles. The van der Waals surface area contributed by atoms with Crippen molar-refractivity contribution in [3.05, 3.63) is 46.0 Å². The molecule has 1 atom stereocenters. The van der Waals surface area contributed by atoms with Crippen LogP contribution in [0.3, 0.4) is 0 Å². The molecule has 16 heavy (non-hydrogen) atoms. The maximum absolute atomic E-state index is 12.0. The Morgan fingerprint density at radius 1 is 1.56 bits per heavy atom. The summed E-state index contributed by atoms with van der Waals surface area (Å²) in [6, 6.07) is 7.35. The molecular weight excluding hydrogens is 222 g/mol. The quantitative estimate of drug-likeness (QED) is 0.762. The van der Waals surface area contributed by atoms with Crippen molar-refractivity contribution in [2.75, 3.05) is 0 Å². The number of rotatable bonds is 3. The van der Waals surface area contributed by atoms with Gasteiger partial charge in [-0.1, -0.05) is 6.07 Å². The summed E-state index contributed by atoms with van der Waals surface area (Å²) in [5.74, 6) is -0.753. The van der Waals surface area contributed by atoms with E-state index in [1.807, 2.05) is 17.5 Å². The highest BCUT2D eigenvalue weighted by Gasteiger charge is 2.26. The molecule has 2 aromatic rings. The monoisotopic (exact) mass is 231 g/mol. The van der Waals surface area contributed by atoms with Crippen LogP contribution in [0.1, 0.15) is 26.9 Å². The summed E-state index contributed by atoms with van der Waals surface area (Å²) >= 11 is 1.40. The van der Waals surface area contributed by atoms with E-state index < -0.39 is 5.92 Å². The minimum atomic E-state index is -0.759. The van der Waals surface area contributed by atoms with Crippen LogP contribution >= 0.6 is 11.3 Å². The lowest BCUT2D eigenvalue weighted by molar-refractivity contribution is 0.0952. The molecule has 0 saturated carbocycles. The SMILES string of the molecule is Cc1ccoc1C(=O)C(C#N)c1cccs1. The van der Waals surface area contributed by atoms with Crippen LogP contribution < -0.4 is 0 Å². The highest BCUT2D eigenvalue weighted by Crippen LogP contribution is 2.26. The fourth-order valence-corrected chi connectivity index (χ4v) is 2.23. The maximum atomic E-state index is 12.0. The van der Waals surface area contributed by atoms with Crippen molar-refractivity contribution in [2.24, 2.45) is 0 Å². The standard InChI is InChI=1S/C12H9NO2S/c1-8-4-5-15-12(8)11(14)9(7-13)10-3-2-6-16-10/h2-6,9H,1H3. The average molecular weight is 231 g/mol. The number of nitrogens with zero attached hydrogens (tertiary/aromatic N) is 1. The van der Waals surface area contributed by atoms with E-state index in [4.69, 9.17) is 9.68 Å². The number of nitriles is 1. The van der Waals surface area contributed by atoms with Gasteiger partial charge in [0.25, 0.3) is 0 Å². The molecule has 2 rings (SSSR count). The second-order valence-electron chi connectivity index (χ2n) is 3.37. The molecule has 0 bridgehead atoms. The van der Waals surface area contributed by atoms with E-state index in [1.54, 1.807) is 19.1 Å². The third kappa shape index (κ3) is 1.77. The summed E-state index contributed by atoms with van der Waals surface area (Å²) in [7, 11) is 0. The van der Waals surface area contributed by atoms with Gasteiger partial charge < -0.3 is 4.42 Å². The van der Waals surface area contributed by atoms with E-state index in [-0.39, 0.29) is 11.5 Å². The molecule has 0 N–H and O–H groups in total. The Morgan fingerprint density at radius 2 is 2.38 bits per heavy atom. The molecule has 2 aromatic heterocycles. The third-order valence-corrected chi connectivity index (χ3v) is 3.24. The van der Waals surface area contributed by atoms with Gasteiger partial charge in [-0.25, -0.2) is 0 Å². The number of ketones is 1. The molecule has 0 amide bonds.